The van der Waals surface area contributed by atoms with Crippen molar-refractivity contribution in [3.63, 3.8) is 0 Å². The fourth-order valence-corrected chi connectivity index (χ4v) is 2.36. The summed E-state index contributed by atoms with van der Waals surface area (Å²) >= 11 is 0. The van der Waals surface area contributed by atoms with Crippen LogP contribution in [0.5, 0.6) is 0 Å². The van der Waals surface area contributed by atoms with Crippen LogP contribution in [-0.2, 0) is 4.74 Å². The van der Waals surface area contributed by atoms with Crippen molar-refractivity contribution in [3.8, 4) is 6.07 Å². The standard InChI is InChI=1S/C11H19N3O/c1-15-10-4-5-14(6-10)8-11(13,7-12)9-2-3-9/h9-10H,2-6,8,13H2,1H3. The van der Waals surface area contributed by atoms with Crippen molar-refractivity contribution >= 4 is 0 Å². The van der Waals surface area contributed by atoms with Crippen molar-refractivity contribution in [1.82, 2.24) is 4.90 Å². The van der Waals surface area contributed by atoms with E-state index in [1.165, 1.54) is 0 Å². The van der Waals surface area contributed by atoms with E-state index in [0.29, 0.717) is 18.6 Å². The number of rotatable bonds is 4. The summed E-state index contributed by atoms with van der Waals surface area (Å²) in [6, 6.07) is 2.30. The molecule has 1 saturated heterocycles. The molecular weight excluding hydrogens is 190 g/mol. The van der Waals surface area contributed by atoms with Gasteiger partial charge in [-0.1, -0.05) is 0 Å². The summed E-state index contributed by atoms with van der Waals surface area (Å²) in [6.45, 7) is 2.63. The second kappa shape index (κ2) is 4.09. The number of nitriles is 1. The van der Waals surface area contributed by atoms with Gasteiger partial charge in [-0.15, -0.1) is 0 Å². The van der Waals surface area contributed by atoms with Gasteiger partial charge < -0.3 is 10.5 Å². The van der Waals surface area contributed by atoms with Crippen LogP contribution in [0.25, 0.3) is 0 Å². The molecule has 0 amide bonds. The van der Waals surface area contributed by atoms with Gasteiger partial charge >= 0.3 is 0 Å². The molecule has 2 aliphatic rings. The Balaban J connectivity index is 1.88. The lowest BCUT2D eigenvalue weighted by Gasteiger charge is -2.27. The van der Waals surface area contributed by atoms with Crippen molar-refractivity contribution < 1.29 is 4.74 Å². The van der Waals surface area contributed by atoms with Crippen LogP contribution in [-0.4, -0.2) is 43.3 Å². The molecule has 0 radical (unpaired) electrons. The summed E-state index contributed by atoms with van der Waals surface area (Å²) in [4.78, 5) is 2.26. The van der Waals surface area contributed by atoms with Crippen molar-refractivity contribution in [2.75, 3.05) is 26.7 Å². The average Bonchev–Trinajstić information content (AvgIpc) is 3.01. The van der Waals surface area contributed by atoms with Crippen LogP contribution in [0.3, 0.4) is 0 Å². The van der Waals surface area contributed by atoms with E-state index < -0.39 is 5.54 Å². The number of hydrogen-bond acceptors (Lipinski definition) is 4. The predicted molar refractivity (Wildman–Crippen MR) is 57.1 cm³/mol. The molecule has 0 aromatic carbocycles. The highest BCUT2D eigenvalue weighted by atomic mass is 16.5. The molecular formula is C11H19N3O. The highest BCUT2D eigenvalue weighted by molar-refractivity contribution is 5.15. The second-order valence-corrected chi connectivity index (χ2v) is 4.81. The van der Waals surface area contributed by atoms with Gasteiger partial charge in [-0.2, -0.15) is 5.26 Å². The summed E-state index contributed by atoms with van der Waals surface area (Å²) < 4.78 is 5.30. The zero-order valence-corrected chi connectivity index (χ0v) is 9.28. The summed E-state index contributed by atoms with van der Waals surface area (Å²) in [5, 5.41) is 9.15. The van der Waals surface area contributed by atoms with Crippen molar-refractivity contribution in [1.29, 1.82) is 5.26 Å². The molecule has 0 spiro atoms. The Labute approximate surface area is 91.0 Å². The Morgan fingerprint density at radius 1 is 1.53 bits per heavy atom. The number of nitrogens with two attached hydrogens (primary N) is 1. The molecule has 84 valence electrons. The third-order valence-corrected chi connectivity index (χ3v) is 3.56. The van der Waals surface area contributed by atoms with Gasteiger partial charge in [0.2, 0.25) is 0 Å². The second-order valence-electron chi connectivity index (χ2n) is 4.81. The number of likely N-dealkylation sites (tertiary alicyclic amines) is 1. The molecule has 0 aromatic rings. The van der Waals surface area contributed by atoms with Crippen molar-refractivity contribution in [3.05, 3.63) is 0 Å². The Morgan fingerprint density at radius 3 is 2.73 bits per heavy atom. The first-order valence-electron chi connectivity index (χ1n) is 5.63. The van der Waals surface area contributed by atoms with Crippen molar-refractivity contribution in [2.45, 2.75) is 30.9 Å². The molecule has 2 rings (SSSR count). The van der Waals surface area contributed by atoms with Crippen LogP contribution < -0.4 is 5.73 Å². The Morgan fingerprint density at radius 2 is 2.27 bits per heavy atom. The lowest BCUT2D eigenvalue weighted by atomic mass is 9.96. The van der Waals surface area contributed by atoms with Crippen LogP contribution in [0.15, 0.2) is 0 Å². The minimum absolute atomic E-state index is 0.326. The molecule has 1 heterocycles. The van der Waals surface area contributed by atoms with Crippen LogP contribution in [0.4, 0.5) is 0 Å². The zero-order valence-electron chi connectivity index (χ0n) is 9.28. The number of ether oxygens (including phenoxy) is 1. The van der Waals surface area contributed by atoms with E-state index in [2.05, 4.69) is 11.0 Å². The smallest absolute Gasteiger partial charge is 0.119 e. The maximum Gasteiger partial charge on any atom is 0.119 e. The first-order chi connectivity index (χ1) is 7.18. The van der Waals surface area contributed by atoms with E-state index in [9.17, 15) is 0 Å². The third kappa shape index (κ3) is 2.31. The Hall–Kier alpha value is -0.630. The van der Waals surface area contributed by atoms with Crippen LogP contribution in [0.1, 0.15) is 19.3 Å². The molecule has 4 nitrogen and oxygen atoms in total. The maximum atomic E-state index is 9.15. The number of hydrogen-bond donors (Lipinski definition) is 1. The minimum Gasteiger partial charge on any atom is -0.380 e. The van der Waals surface area contributed by atoms with Gasteiger partial charge in [0.1, 0.15) is 5.54 Å². The van der Waals surface area contributed by atoms with Gasteiger partial charge in [0, 0.05) is 26.7 Å². The third-order valence-electron chi connectivity index (χ3n) is 3.56. The summed E-state index contributed by atoms with van der Waals surface area (Å²) in [6.07, 6.45) is 3.62. The first-order valence-corrected chi connectivity index (χ1v) is 5.63. The predicted octanol–water partition coefficient (Wildman–Crippen LogP) is 0.338. The van der Waals surface area contributed by atoms with E-state index in [-0.39, 0.29) is 0 Å². The van der Waals surface area contributed by atoms with Gasteiger partial charge in [0.15, 0.2) is 0 Å². The molecule has 1 aliphatic carbocycles. The normalized spacial score (nSPS) is 31.1. The number of nitrogens with zero attached hydrogens (tertiary/aromatic N) is 2. The molecule has 2 N–H and O–H groups in total. The van der Waals surface area contributed by atoms with Gasteiger partial charge in [-0.25, -0.2) is 0 Å². The molecule has 1 aliphatic heterocycles. The topological polar surface area (TPSA) is 62.3 Å². The van der Waals surface area contributed by atoms with E-state index in [0.717, 1.165) is 32.4 Å². The summed E-state index contributed by atoms with van der Waals surface area (Å²) in [7, 11) is 1.75. The van der Waals surface area contributed by atoms with E-state index in [1.54, 1.807) is 7.11 Å². The molecule has 0 bridgehead atoms. The van der Waals surface area contributed by atoms with Crippen molar-refractivity contribution in [2.24, 2.45) is 11.7 Å². The Kier molecular flexibility index (Phi) is 2.96. The maximum absolute atomic E-state index is 9.15. The van der Waals surface area contributed by atoms with Gasteiger partial charge in [-0.3, -0.25) is 4.90 Å². The number of methoxy groups -OCH3 is 1. The van der Waals surface area contributed by atoms with Crippen LogP contribution in [0.2, 0.25) is 0 Å². The fraction of sp³-hybridized carbons (Fsp3) is 0.909. The lowest BCUT2D eigenvalue weighted by Crippen LogP contribution is -2.50. The molecule has 2 unspecified atom stereocenters. The van der Waals surface area contributed by atoms with Gasteiger partial charge in [0.25, 0.3) is 0 Å². The first kappa shape index (κ1) is 10.9. The van der Waals surface area contributed by atoms with Gasteiger partial charge in [-0.05, 0) is 25.2 Å². The summed E-state index contributed by atoms with van der Waals surface area (Å²) in [5.74, 6) is 0.420. The molecule has 2 fully saturated rings. The average molecular weight is 209 g/mol. The lowest BCUT2D eigenvalue weighted by molar-refractivity contribution is 0.105. The molecule has 2 atom stereocenters. The largest absolute Gasteiger partial charge is 0.380 e. The van der Waals surface area contributed by atoms with E-state index in [1.807, 2.05) is 0 Å². The van der Waals surface area contributed by atoms with E-state index in [4.69, 9.17) is 15.7 Å². The zero-order chi connectivity index (χ0) is 10.9. The molecule has 1 saturated carbocycles. The Bertz CT molecular complexity index is 271. The fourth-order valence-electron chi connectivity index (χ4n) is 2.36. The van der Waals surface area contributed by atoms with E-state index >= 15 is 0 Å². The highest BCUT2D eigenvalue weighted by Crippen LogP contribution is 2.38. The SMILES string of the molecule is COC1CCN(CC(N)(C#N)C2CC2)C1. The molecule has 0 aromatic heterocycles. The molecule has 15 heavy (non-hydrogen) atoms. The quantitative estimate of drug-likeness (QED) is 0.725. The van der Waals surface area contributed by atoms with Crippen LogP contribution in [0, 0.1) is 17.2 Å². The minimum atomic E-state index is -0.622. The molecule has 4 heteroatoms. The summed E-state index contributed by atoms with van der Waals surface area (Å²) in [5.41, 5.74) is 5.50. The highest BCUT2D eigenvalue weighted by Gasteiger charge is 2.44. The van der Waals surface area contributed by atoms with Crippen LogP contribution >= 0.6 is 0 Å². The monoisotopic (exact) mass is 209 g/mol. The van der Waals surface area contributed by atoms with Gasteiger partial charge in [0.05, 0.1) is 12.2 Å².